The van der Waals surface area contributed by atoms with Crippen LogP contribution in [0.4, 0.5) is 0 Å². The second-order valence-corrected chi connectivity index (χ2v) is 7.74. The van der Waals surface area contributed by atoms with Crippen LogP contribution < -0.4 is 10.6 Å². The summed E-state index contributed by atoms with van der Waals surface area (Å²) in [6, 6.07) is 10.5. The molecule has 1 aliphatic heterocycles. The topological polar surface area (TPSA) is 56.7 Å². The Morgan fingerprint density at radius 3 is 2.59 bits per heavy atom. The van der Waals surface area contributed by atoms with Crippen LogP contribution in [0.1, 0.15) is 42.4 Å². The number of hydrogen-bond acceptors (Lipinski definition) is 3. The number of aliphatic imine (C=N–C) groups is 1. The molecule has 0 fully saturated rings. The standard InChI is InChI=1S/C21H28N4OS/c1-16(19-9-11-27-15-19)12-24-21(22-2)23-10-5-8-20(26)25-13-17-6-3-4-7-18(17)14-25/h3-4,6-7,9,11,15-16H,5,8,10,12-14H2,1-2H3,(H2,22,23,24). The first-order valence-electron chi connectivity index (χ1n) is 9.48. The Hall–Kier alpha value is -2.34. The molecule has 1 amide bonds. The Morgan fingerprint density at radius 2 is 1.96 bits per heavy atom. The van der Waals surface area contributed by atoms with Gasteiger partial charge in [0.1, 0.15) is 0 Å². The van der Waals surface area contributed by atoms with Crippen molar-refractivity contribution >= 4 is 23.2 Å². The van der Waals surface area contributed by atoms with Crippen LogP contribution in [-0.4, -0.2) is 36.9 Å². The van der Waals surface area contributed by atoms with Gasteiger partial charge in [0.15, 0.2) is 5.96 Å². The number of nitrogens with zero attached hydrogens (tertiary/aromatic N) is 2. The average molecular weight is 385 g/mol. The maximum Gasteiger partial charge on any atom is 0.223 e. The summed E-state index contributed by atoms with van der Waals surface area (Å²) in [6.07, 6.45) is 1.36. The maximum absolute atomic E-state index is 12.4. The van der Waals surface area contributed by atoms with Gasteiger partial charge >= 0.3 is 0 Å². The fraction of sp³-hybridized carbons (Fsp3) is 0.429. The summed E-state index contributed by atoms with van der Waals surface area (Å²) < 4.78 is 0. The van der Waals surface area contributed by atoms with Gasteiger partial charge in [-0.15, -0.1) is 0 Å². The molecular weight excluding hydrogens is 356 g/mol. The molecule has 6 heteroatoms. The lowest BCUT2D eigenvalue weighted by Crippen LogP contribution is -2.39. The smallest absolute Gasteiger partial charge is 0.223 e. The molecule has 1 aromatic carbocycles. The highest BCUT2D eigenvalue weighted by atomic mass is 32.1. The van der Waals surface area contributed by atoms with Gasteiger partial charge in [-0.2, -0.15) is 11.3 Å². The van der Waals surface area contributed by atoms with Crippen LogP contribution in [-0.2, 0) is 17.9 Å². The third-order valence-corrected chi connectivity index (χ3v) is 5.67. The second-order valence-electron chi connectivity index (χ2n) is 6.96. The molecule has 27 heavy (non-hydrogen) atoms. The summed E-state index contributed by atoms with van der Waals surface area (Å²) >= 11 is 1.72. The molecular formula is C21H28N4OS. The van der Waals surface area contributed by atoms with Gasteiger partial charge in [-0.05, 0) is 45.9 Å². The Bertz CT molecular complexity index is 747. The minimum atomic E-state index is 0.224. The number of fused-ring (bicyclic) bond motifs is 1. The van der Waals surface area contributed by atoms with Crippen LogP contribution in [0.25, 0.3) is 0 Å². The Labute approximate surface area is 165 Å². The van der Waals surface area contributed by atoms with Crippen molar-refractivity contribution in [1.82, 2.24) is 15.5 Å². The van der Waals surface area contributed by atoms with Gasteiger partial charge in [0.05, 0.1) is 0 Å². The molecule has 2 N–H and O–H groups in total. The van der Waals surface area contributed by atoms with Crippen molar-refractivity contribution in [1.29, 1.82) is 0 Å². The highest BCUT2D eigenvalue weighted by Gasteiger charge is 2.22. The number of hydrogen-bond donors (Lipinski definition) is 2. The molecule has 0 radical (unpaired) electrons. The van der Waals surface area contributed by atoms with Crippen LogP contribution in [0.2, 0.25) is 0 Å². The zero-order chi connectivity index (χ0) is 19.1. The third kappa shape index (κ3) is 5.32. The third-order valence-electron chi connectivity index (χ3n) is 4.96. The molecule has 0 bridgehead atoms. The SMILES string of the molecule is CN=C(NCCCC(=O)N1Cc2ccccc2C1)NCC(C)c1ccsc1. The first kappa shape index (κ1) is 19.4. The van der Waals surface area contributed by atoms with Crippen molar-refractivity contribution in [2.45, 2.75) is 38.8 Å². The van der Waals surface area contributed by atoms with Crippen LogP contribution in [0.3, 0.4) is 0 Å². The molecule has 0 aliphatic carbocycles. The summed E-state index contributed by atoms with van der Waals surface area (Å²) in [5, 5.41) is 11.0. The first-order valence-corrected chi connectivity index (χ1v) is 10.4. The molecule has 0 saturated heterocycles. The Balaban J connectivity index is 1.33. The van der Waals surface area contributed by atoms with E-state index in [0.717, 1.165) is 38.6 Å². The summed E-state index contributed by atoms with van der Waals surface area (Å²) in [7, 11) is 1.77. The molecule has 3 rings (SSSR count). The molecule has 2 heterocycles. The lowest BCUT2D eigenvalue weighted by molar-refractivity contribution is -0.131. The number of thiophene rings is 1. The summed E-state index contributed by atoms with van der Waals surface area (Å²) in [5.74, 6) is 1.45. The Kier molecular flexibility index (Phi) is 6.87. The van der Waals surface area contributed by atoms with Crippen LogP contribution >= 0.6 is 11.3 Å². The van der Waals surface area contributed by atoms with E-state index in [9.17, 15) is 4.79 Å². The van der Waals surface area contributed by atoms with Gasteiger partial charge in [0.25, 0.3) is 0 Å². The number of benzene rings is 1. The number of carbonyl (C=O) groups excluding carboxylic acids is 1. The fourth-order valence-corrected chi connectivity index (χ4v) is 4.04. The lowest BCUT2D eigenvalue weighted by Gasteiger charge is -2.17. The first-order chi connectivity index (χ1) is 13.2. The Morgan fingerprint density at radius 1 is 1.22 bits per heavy atom. The van der Waals surface area contributed by atoms with Crippen LogP contribution in [0.15, 0.2) is 46.1 Å². The van der Waals surface area contributed by atoms with Crippen LogP contribution in [0.5, 0.6) is 0 Å². The zero-order valence-corrected chi connectivity index (χ0v) is 16.9. The van der Waals surface area contributed by atoms with Gasteiger partial charge < -0.3 is 15.5 Å². The quantitative estimate of drug-likeness (QED) is 0.437. The molecule has 144 valence electrons. The van der Waals surface area contributed by atoms with E-state index in [1.165, 1.54) is 16.7 Å². The summed E-state index contributed by atoms with van der Waals surface area (Å²) in [4.78, 5) is 18.6. The van der Waals surface area contributed by atoms with Gasteiger partial charge in [-0.25, -0.2) is 0 Å². The van der Waals surface area contributed by atoms with E-state index >= 15 is 0 Å². The van der Waals surface area contributed by atoms with Crippen molar-refractivity contribution in [3.05, 3.63) is 57.8 Å². The van der Waals surface area contributed by atoms with E-state index in [4.69, 9.17) is 0 Å². The maximum atomic E-state index is 12.4. The number of rotatable bonds is 7. The zero-order valence-electron chi connectivity index (χ0n) is 16.1. The fourth-order valence-electron chi connectivity index (χ4n) is 3.26. The highest BCUT2D eigenvalue weighted by molar-refractivity contribution is 7.07. The molecule has 1 atom stereocenters. The normalized spacial score (nSPS) is 14.7. The predicted octanol–water partition coefficient (Wildman–Crippen LogP) is 3.34. The van der Waals surface area contributed by atoms with Crippen molar-refractivity contribution < 1.29 is 4.79 Å². The summed E-state index contributed by atoms with van der Waals surface area (Å²) in [6.45, 7) is 5.26. The highest BCUT2D eigenvalue weighted by Crippen LogP contribution is 2.22. The van der Waals surface area contributed by atoms with Gasteiger partial charge in [-0.3, -0.25) is 9.79 Å². The minimum Gasteiger partial charge on any atom is -0.356 e. The van der Waals surface area contributed by atoms with Crippen molar-refractivity contribution in [2.75, 3.05) is 20.1 Å². The second kappa shape index (κ2) is 9.55. The van der Waals surface area contributed by atoms with Crippen LogP contribution in [0, 0.1) is 0 Å². The van der Waals surface area contributed by atoms with Crippen molar-refractivity contribution in [2.24, 2.45) is 4.99 Å². The molecule has 2 aromatic rings. The van der Waals surface area contributed by atoms with Gasteiger partial charge in [0, 0.05) is 39.6 Å². The van der Waals surface area contributed by atoms with E-state index in [0.29, 0.717) is 12.3 Å². The van der Waals surface area contributed by atoms with Crippen molar-refractivity contribution in [3.63, 3.8) is 0 Å². The molecule has 5 nitrogen and oxygen atoms in total. The van der Waals surface area contributed by atoms with Gasteiger partial charge in [0.2, 0.25) is 5.91 Å². The average Bonchev–Trinajstić information content (AvgIpc) is 3.36. The van der Waals surface area contributed by atoms with Gasteiger partial charge in [-0.1, -0.05) is 31.2 Å². The molecule has 1 aliphatic rings. The van der Waals surface area contributed by atoms with E-state index in [1.54, 1.807) is 18.4 Å². The van der Waals surface area contributed by atoms with E-state index in [-0.39, 0.29) is 5.91 Å². The van der Waals surface area contributed by atoms with E-state index in [2.05, 4.69) is 51.5 Å². The monoisotopic (exact) mass is 384 g/mol. The number of carbonyl (C=O) groups is 1. The van der Waals surface area contributed by atoms with E-state index < -0.39 is 0 Å². The predicted molar refractivity (Wildman–Crippen MR) is 112 cm³/mol. The number of amides is 1. The molecule has 0 spiro atoms. The number of guanidine groups is 1. The summed E-state index contributed by atoms with van der Waals surface area (Å²) in [5.41, 5.74) is 3.89. The molecule has 1 unspecified atom stereocenters. The minimum absolute atomic E-state index is 0.224. The van der Waals surface area contributed by atoms with Crippen molar-refractivity contribution in [3.8, 4) is 0 Å². The lowest BCUT2D eigenvalue weighted by atomic mass is 10.1. The molecule has 1 aromatic heterocycles. The van der Waals surface area contributed by atoms with E-state index in [1.807, 2.05) is 17.0 Å². The largest absolute Gasteiger partial charge is 0.356 e. The molecule has 0 saturated carbocycles. The number of nitrogens with one attached hydrogen (secondary N) is 2.